The van der Waals surface area contributed by atoms with Crippen LogP contribution in [0.3, 0.4) is 0 Å². The summed E-state index contributed by atoms with van der Waals surface area (Å²) in [5, 5.41) is 2.79. The minimum atomic E-state index is -4.73. The van der Waals surface area contributed by atoms with Crippen LogP contribution in [0, 0.1) is 5.41 Å². The fourth-order valence-electron chi connectivity index (χ4n) is 4.71. The molecule has 3 amide bonds. The molecule has 0 radical (unpaired) electrons. The molecule has 2 aliphatic rings. The molecule has 2 aliphatic heterocycles. The number of ether oxygens (including phenoxy) is 1. The van der Waals surface area contributed by atoms with Crippen LogP contribution in [-0.4, -0.2) is 60.8 Å². The Morgan fingerprint density at radius 1 is 1.17 bits per heavy atom. The first-order valence-electron chi connectivity index (χ1n) is 9.97. The van der Waals surface area contributed by atoms with Crippen LogP contribution in [0.2, 0.25) is 0 Å². The van der Waals surface area contributed by atoms with E-state index in [4.69, 9.17) is 5.73 Å². The Morgan fingerprint density at radius 3 is 2.37 bits per heavy atom. The third-order valence-corrected chi connectivity index (χ3v) is 6.12. The average Bonchev–Trinajstić information content (AvgIpc) is 2.66. The highest BCUT2D eigenvalue weighted by Gasteiger charge is 2.48. The van der Waals surface area contributed by atoms with Crippen LogP contribution in [0.1, 0.15) is 31.2 Å². The van der Waals surface area contributed by atoms with Crippen molar-refractivity contribution in [3.8, 4) is 5.75 Å². The second-order valence-electron chi connectivity index (χ2n) is 8.09. The van der Waals surface area contributed by atoms with E-state index in [2.05, 4.69) is 10.1 Å². The molecule has 30 heavy (non-hydrogen) atoms. The SMILES string of the molecule is CN1CCCC2(CCN(C(=O)NCc3ccc(OC(F)(F)F)cc3)CC2)C1C(N)=O. The summed E-state index contributed by atoms with van der Waals surface area (Å²) in [6, 6.07) is 4.82. The lowest BCUT2D eigenvalue weighted by atomic mass is 9.66. The topological polar surface area (TPSA) is 87.9 Å². The number of primary amides is 1. The Labute approximate surface area is 173 Å². The van der Waals surface area contributed by atoms with Crippen molar-refractivity contribution in [2.75, 3.05) is 26.7 Å². The number of carbonyl (C=O) groups excluding carboxylic acids is 2. The first kappa shape index (κ1) is 22.2. The van der Waals surface area contributed by atoms with E-state index in [1.807, 2.05) is 11.9 Å². The Balaban J connectivity index is 1.51. The van der Waals surface area contributed by atoms with Gasteiger partial charge in [0.25, 0.3) is 0 Å². The molecule has 0 aromatic heterocycles. The van der Waals surface area contributed by atoms with Gasteiger partial charge >= 0.3 is 12.4 Å². The third-order valence-electron chi connectivity index (χ3n) is 6.12. The van der Waals surface area contributed by atoms with Gasteiger partial charge < -0.3 is 20.7 Å². The molecule has 10 heteroatoms. The lowest BCUT2D eigenvalue weighted by Crippen LogP contribution is -2.61. The smallest absolute Gasteiger partial charge is 0.406 e. The van der Waals surface area contributed by atoms with Gasteiger partial charge in [0.05, 0.1) is 6.04 Å². The lowest BCUT2D eigenvalue weighted by Gasteiger charge is -2.51. The van der Waals surface area contributed by atoms with Gasteiger partial charge in [-0.2, -0.15) is 0 Å². The molecule has 7 nitrogen and oxygen atoms in total. The highest BCUT2D eigenvalue weighted by atomic mass is 19.4. The van der Waals surface area contributed by atoms with E-state index in [1.165, 1.54) is 24.3 Å². The van der Waals surface area contributed by atoms with Crippen LogP contribution >= 0.6 is 0 Å². The fourth-order valence-corrected chi connectivity index (χ4v) is 4.71. The molecule has 2 saturated heterocycles. The molecule has 2 fully saturated rings. The zero-order valence-corrected chi connectivity index (χ0v) is 16.9. The molecule has 1 atom stereocenters. The molecular formula is C20H27F3N4O3. The van der Waals surface area contributed by atoms with Crippen LogP contribution in [0.15, 0.2) is 24.3 Å². The van der Waals surface area contributed by atoms with Crippen LogP contribution < -0.4 is 15.8 Å². The summed E-state index contributed by atoms with van der Waals surface area (Å²) >= 11 is 0. The monoisotopic (exact) mass is 428 g/mol. The number of likely N-dealkylation sites (tertiary alicyclic amines) is 2. The van der Waals surface area contributed by atoms with E-state index >= 15 is 0 Å². The van der Waals surface area contributed by atoms with Gasteiger partial charge in [0.2, 0.25) is 5.91 Å². The molecular weight excluding hydrogens is 401 g/mol. The standard InChI is InChI=1S/C20H27F3N4O3/c1-26-10-2-7-19(16(26)17(24)28)8-11-27(12-9-19)18(29)25-13-14-3-5-15(6-4-14)30-20(21,22)23/h3-6,16H,2,7-13H2,1H3,(H2,24,28)(H,25,29). The van der Waals surface area contributed by atoms with Crippen LogP contribution in [0.5, 0.6) is 5.75 Å². The van der Waals surface area contributed by atoms with E-state index in [-0.39, 0.29) is 35.7 Å². The number of alkyl halides is 3. The minimum absolute atomic E-state index is 0.191. The summed E-state index contributed by atoms with van der Waals surface area (Å²) in [7, 11) is 1.92. The van der Waals surface area contributed by atoms with E-state index in [0.717, 1.165) is 19.4 Å². The summed E-state index contributed by atoms with van der Waals surface area (Å²) < 4.78 is 40.5. The van der Waals surface area contributed by atoms with E-state index < -0.39 is 6.36 Å². The second kappa shape index (κ2) is 8.71. The number of urea groups is 1. The predicted molar refractivity (Wildman–Crippen MR) is 103 cm³/mol. The van der Waals surface area contributed by atoms with Crippen LogP contribution in [0.4, 0.5) is 18.0 Å². The number of hydrogen-bond acceptors (Lipinski definition) is 4. The molecule has 1 unspecified atom stereocenters. The molecule has 0 aliphatic carbocycles. The number of nitrogens with zero attached hydrogens (tertiary/aromatic N) is 2. The fraction of sp³-hybridized carbons (Fsp3) is 0.600. The van der Waals surface area contributed by atoms with Gasteiger partial charge in [-0.15, -0.1) is 13.2 Å². The van der Waals surface area contributed by atoms with Crippen molar-refractivity contribution in [1.82, 2.24) is 15.1 Å². The van der Waals surface area contributed by atoms with Crippen molar-refractivity contribution in [2.24, 2.45) is 11.1 Å². The van der Waals surface area contributed by atoms with Crippen molar-refractivity contribution in [3.63, 3.8) is 0 Å². The molecule has 166 valence electrons. The first-order valence-corrected chi connectivity index (χ1v) is 9.97. The maximum Gasteiger partial charge on any atom is 0.573 e. The Kier molecular flexibility index (Phi) is 6.44. The Bertz CT molecular complexity index is 762. The predicted octanol–water partition coefficient (Wildman–Crippen LogP) is 2.46. The van der Waals surface area contributed by atoms with Gasteiger partial charge in [-0.1, -0.05) is 12.1 Å². The third kappa shape index (κ3) is 5.16. The second-order valence-corrected chi connectivity index (χ2v) is 8.09. The number of nitrogens with one attached hydrogen (secondary N) is 1. The number of nitrogens with two attached hydrogens (primary N) is 1. The lowest BCUT2D eigenvalue weighted by molar-refractivity contribution is -0.274. The maximum atomic E-state index is 12.5. The molecule has 0 bridgehead atoms. The summed E-state index contributed by atoms with van der Waals surface area (Å²) in [6.45, 7) is 2.09. The minimum Gasteiger partial charge on any atom is -0.406 e. The van der Waals surface area contributed by atoms with Gasteiger partial charge in [0.1, 0.15) is 5.75 Å². The van der Waals surface area contributed by atoms with Crippen molar-refractivity contribution in [2.45, 2.75) is 44.6 Å². The molecule has 3 rings (SSSR count). The number of hydrogen-bond donors (Lipinski definition) is 2. The van der Waals surface area contributed by atoms with Gasteiger partial charge in [-0.05, 0) is 62.4 Å². The molecule has 1 aromatic carbocycles. The zero-order chi connectivity index (χ0) is 21.9. The van der Waals surface area contributed by atoms with Gasteiger partial charge in [-0.3, -0.25) is 9.69 Å². The number of carbonyl (C=O) groups is 2. The Hall–Kier alpha value is -2.49. The summed E-state index contributed by atoms with van der Waals surface area (Å²) in [5.41, 5.74) is 6.14. The summed E-state index contributed by atoms with van der Waals surface area (Å²) in [4.78, 5) is 28.3. The maximum absolute atomic E-state index is 12.5. The van der Waals surface area contributed by atoms with Gasteiger partial charge in [0, 0.05) is 19.6 Å². The number of piperidine rings is 2. The summed E-state index contributed by atoms with van der Waals surface area (Å²) in [5.74, 6) is -0.617. The van der Waals surface area contributed by atoms with Crippen molar-refractivity contribution >= 4 is 11.9 Å². The summed E-state index contributed by atoms with van der Waals surface area (Å²) in [6.07, 6.45) is -1.39. The van der Waals surface area contributed by atoms with Crippen molar-refractivity contribution in [3.05, 3.63) is 29.8 Å². The van der Waals surface area contributed by atoms with Gasteiger partial charge in [-0.25, -0.2) is 4.79 Å². The molecule has 1 aromatic rings. The number of rotatable bonds is 4. The normalized spacial score (nSPS) is 22.0. The first-order chi connectivity index (χ1) is 14.1. The zero-order valence-electron chi connectivity index (χ0n) is 16.9. The molecule has 2 heterocycles. The number of benzene rings is 1. The average molecular weight is 428 g/mol. The van der Waals surface area contributed by atoms with Crippen LogP contribution in [-0.2, 0) is 11.3 Å². The number of amides is 3. The number of halogens is 3. The van der Waals surface area contributed by atoms with Gasteiger partial charge in [0.15, 0.2) is 0 Å². The molecule has 3 N–H and O–H groups in total. The highest BCUT2D eigenvalue weighted by Crippen LogP contribution is 2.44. The Morgan fingerprint density at radius 2 is 1.80 bits per heavy atom. The molecule has 1 spiro atoms. The highest BCUT2D eigenvalue weighted by molar-refractivity contribution is 5.81. The van der Waals surface area contributed by atoms with Crippen molar-refractivity contribution in [1.29, 1.82) is 0 Å². The van der Waals surface area contributed by atoms with E-state index in [9.17, 15) is 22.8 Å². The number of likely N-dealkylation sites (N-methyl/N-ethyl adjacent to an activating group) is 1. The van der Waals surface area contributed by atoms with E-state index in [0.29, 0.717) is 31.5 Å². The molecule has 0 saturated carbocycles. The van der Waals surface area contributed by atoms with Crippen LogP contribution in [0.25, 0.3) is 0 Å². The van der Waals surface area contributed by atoms with E-state index in [1.54, 1.807) is 4.90 Å². The van der Waals surface area contributed by atoms with Crippen molar-refractivity contribution < 1.29 is 27.5 Å². The largest absolute Gasteiger partial charge is 0.573 e. The quantitative estimate of drug-likeness (QED) is 0.771.